The van der Waals surface area contributed by atoms with Gasteiger partial charge >= 0.3 is 0 Å². The summed E-state index contributed by atoms with van der Waals surface area (Å²) in [4.78, 5) is 0. The summed E-state index contributed by atoms with van der Waals surface area (Å²) in [7, 11) is 0. The zero-order valence-corrected chi connectivity index (χ0v) is 13.7. The predicted molar refractivity (Wildman–Crippen MR) is 89.7 cm³/mol. The van der Waals surface area contributed by atoms with Gasteiger partial charge < -0.3 is 5.32 Å². The minimum absolute atomic E-state index is 0.512. The lowest BCUT2D eigenvalue weighted by molar-refractivity contribution is 0.488. The number of hydrogen-bond donors (Lipinski definition) is 1. The Balaban J connectivity index is 1.66. The number of aryl methyl sites for hydroxylation is 1. The molecule has 1 aliphatic heterocycles. The van der Waals surface area contributed by atoms with Crippen LogP contribution in [0.3, 0.4) is 0 Å². The summed E-state index contributed by atoms with van der Waals surface area (Å²) in [6.45, 7) is 5.49. The standard InChI is InChI=1S/C17H21NS2/c1-3-13-4-6-14(7-5-13)11-18-16-10-12(2)20-17-15(16)8-9-19-17/h4-9,12,16,18H,3,10-11H2,1-2H3/t12-,16?/m0/s1. The van der Waals surface area contributed by atoms with Crippen molar-refractivity contribution in [2.75, 3.05) is 0 Å². The Bertz CT molecular complexity index is 559. The second-order valence-corrected chi connectivity index (χ2v) is 8.05. The summed E-state index contributed by atoms with van der Waals surface area (Å²) in [5.41, 5.74) is 4.30. The SMILES string of the molecule is CCc1ccc(CNC2C[C@H](C)Sc3sccc32)cc1. The highest BCUT2D eigenvalue weighted by Gasteiger charge is 2.25. The van der Waals surface area contributed by atoms with Crippen LogP contribution in [-0.4, -0.2) is 5.25 Å². The van der Waals surface area contributed by atoms with Gasteiger partial charge in [0, 0.05) is 17.8 Å². The zero-order chi connectivity index (χ0) is 13.9. The van der Waals surface area contributed by atoms with Gasteiger partial charge in [-0.2, -0.15) is 0 Å². The van der Waals surface area contributed by atoms with E-state index in [1.54, 1.807) is 0 Å². The summed E-state index contributed by atoms with van der Waals surface area (Å²) in [6.07, 6.45) is 2.34. The number of nitrogens with one attached hydrogen (secondary N) is 1. The van der Waals surface area contributed by atoms with Gasteiger partial charge in [-0.3, -0.25) is 0 Å². The number of thioether (sulfide) groups is 1. The maximum absolute atomic E-state index is 3.74. The van der Waals surface area contributed by atoms with Gasteiger partial charge in [0.1, 0.15) is 0 Å². The summed E-state index contributed by atoms with van der Waals surface area (Å²) in [5.74, 6) is 0. The van der Waals surface area contributed by atoms with Crippen LogP contribution in [0.25, 0.3) is 0 Å². The molecule has 3 rings (SSSR count). The molecule has 0 amide bonds. The van der Waals surface area contributed by atoms with E-state index in [0.717, 1.165) is 13.0 Å². The van der Waals surface area contributed by atoms with Crippen molar-refractivity contribution in [3.63, 3.8) is 0 Å². The third-order valence-electron chi connectivity index (χ3n) is 3.89. The molecule has 0 spiro atoms. The van der Waals surface area contributed by atoms with Crippen molar-refractivity contribution in [1.29, 1.82) is 0 Å². The number of fused-ring (bicyclic) bond motifs is 1. The third kappa shape index (κ3) is 3.11. The van der Waals surface area contributed by atoms with Crippen LogP contribution in [0, 0.1) is 0 Å². The van der Waals surface area contributed by atoms with Crippen LogP contribution in [0.4, 0.5) is 0 Å². The molecular weight excluding hydrogens is 282 g/mol. The Labute approximate surface area is 129 Å². The molecule has 2 atom stereocenters. The molecule has 1 nitrogen and oxygen atoms in total. The van der Waals surface area contributed by atoms with Crippen LogP contribution in [0.2, 0.25) is 0 Å². The normalized spacial score (nSPS) is 21.7. The predicted octanol–water partition coefficient (Wildman–Crippen LogP) is 5.03. The highest BCUT2D eigenvalue weighted by molar-refractivity contribution is 8.01. The Morgan fingerprint density at radius 1 is 1.15 bits per heavy atom. The van der Waals surface area contributed by atoms with E-state index in [4.69, 9.17) is 0 Å². The fourth-order valence-electron chi connectivity index (χ4n) is 2.68. The highest BCUT2D eigenvalue weighted by atomic mass is 32.2. The van der Waals surface area contributed by atoms with E-state index < -0.39 is 0 Å². The smallest absolute Gasteiger partial charge is 0.0649 e. The fourth-order valence-corrected chi connectivity index (χ4v) is 5.24. The minimum atomic E-state index is 0.512. The van der Waals surface area contributed by atoms with Crippen LogP contribution < -0.4 is 5.32 Å². The molecule has 1 aromatic carbocycles. The lowest BCUT2D eigenvalue weighted by atomic mass is 10.0. The van der Waals surface area contributed by atoms with Crippen molar-refractivity contribution >= 4 is 23.1 Å². The van der Waals surface area contributed by atoms with Crippen LogP contribution in [0.5, 0.6) is 0 Å². The molecule has 0 aliphatic carbocycles. The van der Waals surface area contributed by atoms with Gasteiger partial charge in [-0.05, 0) is 41.0 Å². The molecule has 0 fully saturated rings. The Morgan fingerprint density at radius 3 is 2.65 bits per heavy atom. The molecule has 0 radical (unpaired) electrons. The third-order valence-corrected chi connectivity index (χ3v) is 6.24. The first-order valence-corrected chi connectivity index (χ1v) is 9.07. The first kappa shape index (κ1) is 14.2. The molecule has 20 heavy (non-hydrogen) atoms. The Hall–Kier alpha value is -0.770. The Morgan fingerprint density at radius 2 is 1.90 bits per heavy atom. The van der Waals surface area contributed by atoms with Gasteiger partial charge in [0.2, 0.25) is 0 Å². The number of thiophene rings is 1. The van der Waals surface area contributed by atoms with Crippen molar-refractivity contribution < 1.29 is 0 Å². The molecule has 0 saturated carbocycles. The number of hydrogen-bond acceptors (Lipinski definition) is 3. The first-order chi connectivity index (χ1) is 9.76. The van der Waals surface area contributed by atoms with E-state index in [2.05, 4.69) is 54.9 Å². The Kier molecular flexibility index (Phi) is 4.49. The van der Waals surface area contributed by atoms with Crippen molar-refractivity contribution in [3.05, 3.63) is 52.4 Å². The number of benzene rings is 1. The topological polar surface area (TPSA) is 12.0 Å². The maximum Gasteiger partial charge on any atom is 0.0649 e. The van der Waals surface area contributed by atoms with E-state index in [9.17, 15) is 0 Å². The molecule has 106 valence electrons. The van der Waals surface area contributed by atoms with Crippen LogP contribution in [-0.2, 0) is 13.0 Å². The fraction of sp³-hybridized carbons (Fsp3) is 0.412. The van der Waals surface area contributed by atoms with Crippen LogP contribution >= 0.6 is 23.1 Å². The van der Waals surface area contributed by atoms with Crippen LogP contribution in [0.15, 0.2) is 39.9 Å². The molecule has 1 N–H and O–H groups in total. The quantitative estimate of drug-likeness (QED) is 0.850. The van der Waals surface area contributed by atoms with E-state index in [-0.39, 0.29) is 0 Å². The molecular formula is C17H21NS2. The van der Waals surface area contributed by atoms with Crippen molar-refractivity contribution in [1.82, 2.24) is 5.32 Å². The van der Waals surface area contributed by atoms with E-state index in [1.807, 2.05) is 23.1 Å². The summed E-state index contributed by atoms with van der Waals surface area (Å²) in [5, 5.41) is 6.67. The summed E-state index contributed by atoms with van der Waals surface area (Å²) < 4.78 is 1.50. The van der Waals surface area contributed by atoms with Gasteiger partial charge in [-0.1, -0.05) is 38.1 Å². The second kappa shape index (κ2) is 6.33. The largest absolute Gasteiger partial charge is 0.306 e. The lowest BCUT2D eigenvalue weighted by Crippen LogP contribution is -2.26. The molecule has 1 unspecified atom stereocenters. The van der Waals surface area contributed by atoms with Crippen molar-refractivity contribution in [3.8, 4) is 0 Å². The molecule has 0 bridgehead atoms. The van der Waals surface area contributed by atoms with E-state index in [1.165, 1.54) is 27.3 Å². The first-order valence-electron chi connectivity index (χ1n) is 7.31. The van der Waals surface area contributed by atoms with Gasteiger partial charge in [0.15, 0.2) is 0 Å². The van der Waals surface area contributed by atoms with Crippen LogP contribution in [0.1, 0.15) is 43.0 Å². The average molecular weight is 303 g/mol. The van der Waals surface area contributed by atoms with Gasteiger partial charge in [0.05, 0.1) is 4.21 Å². The molecule has 0 saturated heterocycles. The maximum atomic E-state index is 3.74. The molecule has 1 aliphatic rings. The lowest BCUT2D eigenvalue weighted by Gasteiger charge is -2.27. The van der Waals surface area contributed by atoms with Crippen molar-refractivity contribution in [2.24, 2.45) is 0 Å². The average Bonchev–Trinajstić information content (AvgIpc) is 2.93. The zero-order valence-electron chi connectivity index (χ0n) is 12.1. The van der Waals surface area contributed by atoms with E-state index in [0.29, 0.717) is 11.3 Å². The van der Waals surface area contributed by atoms with Crippen molar-refractivity contribution in [2.45, 2.75) is 48.7 Å². The molecule has 3 heteroatoms. The van der Waals surface area contributed by atoms with Gasteiger partial charge in [-0.25, -0.2) is 0 Å². The van der Waals surface area contributed by atoms with E-state index >= 15 is 0 Å². The highest BCUT2D eigenvalue weighted by Crippen LogP contribution is 2.43. The van der Waals surface area contributed by atoms with Gasteiger partial charge in [0.25, 0.3) is 0 Å². The molecule has 2 aromatic rings. The summed E-state index contributed by atoms with van der Waals surface area (Å²) >= 11 is 3.91. The molecule has 2 heterocycles. The second-order valence-electron chi connectivity index (χ2n) is 5.43. The summed E-state index contributed by atoms with van der Waals surface area (Å²) in [6, 6.07) is 11.8. The minimum Gasteiger partial charge on any atom is -0.306 e. The monoisotopic (exact) mass is 303 g/mol. The molecule has 1 aromatic heterocycles. The van der Waals surface area contributed by atoms with Gasteiger partial charge in [-0.15, -0.1) is 23.1 Å². The number of rotatable bonds is 4.